The molecule has 0 amide bonds. The molecule has 0 saturated heterocycles. The smallest absolute Gasteiger partial charge is 0.215 e. The van der Waals surface area contributed by atoms with Gasteiger partial charge in [0.15, 0.2) is 8.32 Å². The number of para-hydroxylation sites is 2. The van der Waals surface area contributed by atoms with Crippen molar-refractivity contribution in [2.75, 3.05) is 0 Å². The predicted molar refractivity (Wildman–Crippen MR) is 107 cm³/mol. The number of phenols is 2. The average Bonchev–Trinajstić information content (AvgIpc) is 2.58. The van der Waals surface area contributed by atoms with Crippen molar-refractivity contribution in [3.05, 3.63) is 59.7 Å². The van der Waals surface area contributed by atoms with Gasteiger partial charge >= 0.3 is 0 Å². The van der Waals surface area contributed by atoms with E-state index < -0.39 is 8.32 Å². The Morgan fingerprint density at radius 1 is 0.840 bits per heavy atom. The molecule has 5 heteroatoms. The van der Waals surface area contributed by atoms with Gasteiger partial charge in [-0.05, 0) is 74.1 Å². The van der Waals surface area contributed by atoms with E-state index >= 15 is 0 Å². The van der Waals surface area contributed by atoms with Crippen LogP contribution in [-0.4, -0.2) is 28.3 Å². The molecule has 25 heavy (non-hydrogen) atoms. The van der Waals surface area contributed by atoms with Crippen molar-refractivity contribution < 1.29 is 14.3 Å². The van der Waals surface area contributed by atoms with Crippen molar-refractivity contribution >= 4 is 18.1 Å². The normalized spacial score (nSPS) is 11.6. The maximum Gasteiger partial charge on any atom is 0.215 e. The molecule has 2 radical (unpaired) electrons. The number of phenolic OH excluding ortho intramolecular Hbond substituents is 2. The van der Waals surface area contributed by atoms with Crippen molar-refractivity contribution in [1.29, 1.82) is 0 Å². The van der Waals surface area contributed by atoms with E-state index in [1.807, 2.05) is 36.4 Å². The van der Waals surface area contributed by atoms with Crippen LogP contribution < -0.4 is 0 Å². The van der Waals surface area contributed by atoms with Crippen LogP contribution in [0.25, 0.3) is 0 Å². The zero-order valence-electron chi connectivity index (χ0n) is 15.2. The molecule has 134 valence electrons. The third-order valence-corrected chi connectivity index (χ3v) is 9.18. The molecule has 0 saturated carbocycles. The molecular formula is C20H28O3Si2. The van der Waals surface area contributed by atoms with E-state index in [2.05, 4.69) is 13.1 Å². The summed E-state index contributed by atoms with van der Waals surface area (Å²) in [5.41, 5.74) is 2.05. The lowest BCUT2D eigenvalue weighted by molar-refractivity contribution is 0.467. The van der Waals surface area contributed by atoms with Gasteiger partial charge in [-0.1, -0.05) is 36.4 Å². The summed E-state index contributed by atoms with van der Waals surface area (Å²) in [6.07, 6.45) is 3.90. The highest BCUT2D eigenvalue weighted by Gasteiger charge is 2.21. The topological polar surface area (TPSA) is 49.7 Å². The minimum atomic E-state index is -1.63. The summed E-state index contributed by atoms with van der Waals surface area (Å²) in [6, 6.07) is 17.3. The van der Waals surface area contributed by atoms with Crippen molar-refractivity contribution in [2.45, 2.75) is 50.9 Å². The fourth-order valence-electron chi connectivity index (χ4n) is 2.80. The molecule has 0 unspecified atom stereocenters. The number of benzene rings is 2. The summed E-state index contributed by atoms with van der Waals surface area (Å²) in [5, 5.41) is 19.6. The molecule has 0 heterocycles. The van der Waals surface area contributed by atoms with Gasteiger partial charge in [0.2, 0.25) is 9.76 Å². The molecule has 0 aliphatic carbocycles. The van der Waals surface area contributed by atoms with E-state index in [0.717, 1.165) is 48.9 Å². The van der Waals surface area contributed by atoms with Crippen LogP contribution in [0, 0.1) is 0 Å². The first kappa shape index (κ1) is 19.8. The van der Waals surface area contributed by atoms with Gasteiger partial charge in [0, 0.05) is 0 Å². The molecule has 0 spiro atoms. The largest absolute Gasteiger partial charge is 0.508 e. The zero-order chi connectivity index (χ0) is 18.1. The van der Waals surface area contributed by atoms with E-state index in [4.69, 9.17) is 4.12 Å². The first-order valence-corrected chi connectivity index (χ1v) is 13.2. The molecule has 0 aromatic heterocycles. The van der Waals surface area contributed by atoms with E-state index in [9.17, 15) is 10.2 Å². The molecule has 2 N–H and O–H groups in total. The number of rotatable bonds is 10. The minimum Gasteiger partial charge on any atom is -0.508 e. The maximum atomic E-state index is 9.82. The van der Waals surface area contributed by atoms with Crippen molar-refractivity contribution in [3.63, 3.8) is 0 Å². The van der Waals surface area contributed by atoms with Crippen LogP contribution in [0.5, 0.6) is 11.5 Å². The highest BCUT2D eigenvalue weighted by molar-refractivity contribution is 6.75. The van der Waals surface area contributed by atoms with Gasteiger partial charge in [0.25, 0.3) is 0 Å². The Morgan fingerprint density at radius 2 is 1.36 bits per heavy atom. The molecule has 2 aromatic carbocycles. The highest BCUT2D eigenvalue weighted by Crippen LogP contribution is 2.22. The molecular weight excluding hydrogens is 344 g/mol. The van der Waals surface area contributed by atoms with E-state index in [0.29, 0.717) is 21.3 Å². The third kappa shape index (κ3) is 7.06. The van der Waals surface area contributed by atoms with E-state index in [1.165, 1.54) is 0 Å². The summed E-state index contributed by atoms with van der Waals surface area (Å²) in [7, 11) is -1.10. The lowest BCUT2D eigenvalue weighted by Gasteiger charge is -2.23. The molecule has 3 nitrogen and oxygen atoms in total. The standard InChI is InChI=1S/C20H28O3Si2/c1-25(2,16-8-12-18-10-4-6-14-20(18)22)23-24-15-7-11-17-9-3-5-13-19(17)21/h3-6,9-10,13-14,21-22H,7-8,11-12,15-16H2,1-2H3. The van der Waals surface area contributed by atoms with Gasteiger partial charge in [0.05, 0.1) is 0 Å². The molecule has 0 aliphatic heterocycles. The van der Waals surface area contributed by atoms with Crippen LogP contribution in [0.1, 0.15) is 24.0 Å². The van der Waals surface area contributed by atoms with E-state index in [-0.39, 0.29) is 0 Å². The SMILES string of the molecule is C[Si](C)(CCCc1ccccc1O)O[Si]CCCc1ccccc1O. The van der Waals surface area contributed by atoms with Crippen LogP contribution in [0.3, 0.4) is 0 Å². The Balaban J connectivity index is 1.62. The predicted octanol–water partition coefficient (Wildman–Crippen LogP) is 4.92. The van der Waals surface area contributed by atoms with Crippen LogP contribution in [0.15, 0.2) is 48.5 Å². The fourth-order valence-corrected chi connectivity index (χ4v) is 6.53. The summed E-state index contributed by atoms with van der Waals surface area (Å²) in [6.45, 7) is 4.54. The summed E-state index contributed by atoms with van der Waals surface area (Å²) >= 11 is 0. The summed E-state index contributed by atoms with van der Waals surface area (Å²) in [5.74, 6) is 0.791. The number of aryl methyl sites for hydroxylation is 2. The van der Waals surface area contributed by atoms with Gasteiger partial charge in [-0.15, -0.1) is 0 Å². The van der Waals surface area contributed by atoms with Crippen molar-refractivity contribution in [3.8, 4) is 11.5 Å². The second-order valence-electron chi connectivity index (χ2n) is 6.97. The van der Waals surface area contributed by atoms with Crippen LogP contribution in [0.2, 0.25) is 25.2 Å². The Hall–Kier alpha value is -1.57. The van der Waals surface area contributed by atoms with Gasteiger partial charge in [-0.25, -0.2) is 0 Å². The first-order valence-electron chi connectivity index (χ1n) is 8.92. The van der Waals surface area contributed by atoms with Crippen LogP contribution >= 0.6 is 0 Å². The number of hydrogen-bond acceptors (Lipinski definition) is 3. The van der Waals surface area contributed by atoms with Gasteiger partial charge in [-0.2, -0.15) is 0 Å². The second kappa shape index (κ2) is 9.80. The molecule has 0 atom stereocenters. The number of hydrogen-bond donors (Lipinski definition) is 2. The quantitative estimate of drug-likeness (QED) is 0.459. The van der Waals surface area contributed by atoms with Crippen LogP contribution in [-0.2, 0) is 17.0 Å². The molecule has 2 aromatic rings. The Morgan fingerprint density at radius 3 is 1.92 bits per heavy atom. The highest BCUT2D eigenvalue weighted by atomic mass is 28.4. The van der Waals surface area contributed by atoms with Gasteiger partial charge < -0.3 is 14.3 Å². The molecule has 0 aliphatic rings. The van der Waals surface area contributed by atoms with E-state index in [1.54, 1.807) is 12.1 Å². The number of aromatic hydroxyl groups is 2. The average molecular weight is 373 g/mol. The summed E-state index contributed by atoms with van der Waals surface area (Å²) < 4.78 is 6.21. The lowest BCUT2D eigenvalue weighted by Crippen LogP contribution is -2.31. The maximum absolute atomic E-state index is 9.82. The lowest BCUT2D eigenvalue weighted by atomic mass is 10.1. The Bertz CT molecular complexity index is 659. The van der Waals surface area contributed by atoms with Gasteiger partial charge in [-0.3, -0.25) is 0 Å². The van der Waals surface area contributed by atoms with Crippen molar-refractivity contribution in [2.24, 2.45) is 0 Å². The zero-order valence-corrected chi connectivity index (χ0v) is 17.2. The van der Waals surface area contributed by atoms with Crippen LogP contribution in [0.4, 0.5) is 0 Å². The Labute approximate surface area is 154 Å². The molecule has 0 fully saturated rings. The fraction of sp³-hybridized carbons (Fsp3) is 0.400. The summed E-state index contributed by atoms with van der Waals surface area (Å²) in [4.78, 5) is 0. The van der Waals surface area contributed by atoms with Gasteiger partial charge in [0.1, 0.15) is 11.5 Å². The molecule has 2 rings (SSSR count). The molecule has 0 bridgehead atoms. The minimum absolute atomic E-state index is 0.394. The van der Waals surface area contributed by atoms with Crippen molar-refractivity contribution in [1.82, 2.24) is 0 Å². The monoisotopic (exact) mass is 372 g/mol. The second-order valence-corrected chi connectivity index (χ2v) is 12.6. The Kier molecular flexibility index (Phi) is 7.74. The first-order chi connectivity index (χ1) is 12.0. The third-order valence-electron chi connectivity index (χ3n) is 4.28.